The van der Waals surface area contributed by atoms with Crippen molar-refractivity contribution in [3.63, 3.8) is 0 Å². The average molecular weight is 415 g/mol. The maximum absolute atomic E-state index is 12.2. The van der Waals surface area contributed by atoms with Gasteiger partial charge in [-0.3, -0.25) is 10.1 Å². The molecule has 3 aromatic carbocycles. The third-order valence-corrected chi connectivity index (χ3v) is 5.29. The number of carbonyl (C=O) groups excluding carboxylic acids is 1. The van der Waals surface area contributed by atoms with Gasteiger partial charge in [0, 0.05) is 30.3 Å². The Bertz CT molecular complexity index is 1130. The lowest BCUT2D eigenvalue weighted by Crippen LogP contribution is -2.26. The molecule has 7 heteroatoms. The fraction of sp³-hybridized carbons (Fsp3) is 0.125. The number of anilines is 1. The SMILES string of the molecule is Nc1cc([N+](=O)[O-])ccc1C=CCNC(=O)OCC1c2ccccc2-c2ccccc21. The Hall–Kier alpha value is -4.13. The third kappa shape index (κ3) is 4.25. The number of nitrogens with two attached hydrogens (primary N) is 1. The van der Waals surface area contributed by atoms with Crippen LogP contribution in [0, 0.1) is 10.1 Å². The Morgan fingerprint density at radius 3 is 2.32 bits per heavy atom. The smallest absolute Gasteiger partial charge is 0.407 e. The van der Waals surface area contributed by atoms with Gasteiger partial charge in [0.25, 0.3) is 5.69 Å². The molecule has 0 fully saturated rings. The Morgan fingerprint density at radius 1 is 1.06 bits per heavy atom. The van der Waals surface area contributed by atoms with Crippen LogP contribution in [0.1, 0.15) is 22.6 Å². The van der Waals surface area contributed by atoms with Crippen LogP contribution >= 0.6 is 0 Å². The van der Waals surface area contributed by atoms with Gasteiger partial charge < -0.3 is 15.8 Å². The van der Waals surface area contributed by atoms with Crippen LogP contribution in [-0.4, -0.2) is 24.2 Å². The van der Waals surface area contributed by atoms with Crippen LogP contribution in [0.25, 0.3) is 17.2 Å². The van der Waals surface area contributed by atoms with Crippen LogP contribution in [0.3, 0.4) is 0 Å². The van der Waals surface area contributed by atoms with E-state index in [1.807, 2.05) is 24.3 Å². The first-order valence-electron chi connectivity index (χ1n) is 9.84. The normalized spacial score (nSPS) is 12.4. The van der Waals surface area contributed by atoms with Crippen molar-refractivity contribution >= 4 is 23.5 Å². The Labute approximate surface area is 179 Å². The number of amides is 1. The summed E-state index contributed by atoms with van der Waals surface area (Å²) in [5.41, 5.74) is 11.4. The van der Waals surface area contributed by atoms with Crippen molar-refractivity contribution in [2.24, 2.45) is 0 Å². The number of benzene rings is 3. The van der Waals surface area contributed by atoms with Crippen LogP contribution < -0.4 is 11.1 Å². The molecule has 0 radical (unpaired) electrons. The predicted molar refractivity (Wildman–Crippen MR) is 120 cm³/mol. The molecule has 31 heavy (non-hydrogen) atoms. The number of rotatable bonds is 6. The van der Waals surface area contributed by atoms with E-state index in [0.717, 1.165) is 11.1 Å². The molecule has 1 aliphatic carbocycles. The molecule has 3 aromatic rings. The second kappa shape index (κ2) is 8.71. The maximum Gasteiger partial charge on any atom is 0.407 e. The van der Waals surface area contributed by atoms with Crippen molar-refractivity contribution in [3.8, 4) is 11.1 Å². The van der Waals surface area contributed by atoms with Crippen molar-refractivity contribution < 1.29 is 14.5 Å². The first-order chi connectivity index (χ1) is 15.0. The van der Waals surface area contributed by atoms with E-state index in [1.165, 1.54) is 23.3 Å². The van der Waals surface area contributed by atoms with E-state index >= 15 is 0 Å². The van der Waals surface area contributed by atoms with Crippen LogP contribution in [0.4, 0.5) is 16.2 Å². The number of nitro groups is 1. The van der Waals surface area contributed by atoms with Gasteiger partial charge in [-0.25, -0.2) is 4.79 Å². The Kier molecular flexibility index (Phi) is 5.66. The van der Waals surface area contributed by atoms with Gasteiger partial charge in [-0.05, 0) is 33.9 Å². The molecule has 0 aromatic heterocycles. The second-order valence-corrected chi connectivity index (χ2v) is 7.18. The summed E-state index contributed by atoms with van der Waals surface area (Å²) in [6.07, 6.45) is 2.89. The zero-order valence-electron chi connectivity index (χ0n) is 16.7. The first-order valence-corrected chi connectivity index (χ1v) is 9.84. The summed E-state index contributed by atoms with van der Waals surface area (Å²) in [6.45, 7) is 0.492. The van der Waals surface area contributed by atoms with Crippen LogP contribution in [-0.2, 0) is 4.74 Å². The number of non-ortho nitro benzene ring substituents is 1. The lowest BCUT2D eigenvalue weighted by Gasteiger charge is -2.14. The largest absolute Gasteiger partial charge is 0.449 e. The number of nitro benzene ring substituents is 1. The molecule has 0 unspecified atom stereocenters. The highest BCUT2D eigenvalue weighted by Gasteiger charge is 2.28. The lowest BCUT2D eigenvalue weighted by atomic mass is 9.98. The highest BCUT2D eigenvalue weighted by Crippen LogP contribution is 2.44. The minimum absolute atomic E-state index is 0.00796. The van der Waals surface area contributed by atoms with Gasteiger partial charge in [-0.2, -0.15) is 0 Å². The topological polar surface area (TPSA) is 107 Å². The second-order valence-electron chi connectivity index (χ2n) is 7.18. The first kappa shape index (κ1) is 20.2. The molecule has 0 spiro atoms. The molecule has 1 aliphatic rings. The summed E-state index contributed by atoms with van der Waals surface area (Å²) in [5.74, 6) is 0.00796. The molecule has 7 nitrogen and oxygen atoms in total. The van der Waals surface area contributed by atoms with Gasteiger partial charge in [-0.15, -0.1) is 0 Å². The molecule has 0 bridgehead atoms. The number of alkyl carbamates (subject to hydrolysis) is 1. The highest BCUT2D eigenvalue weighted by atomic mass is 16.6. The van der Waals surface area contributed by atoms with Crippen molar-refractivity contribution in [2.75, 3.05) is 18.9 Å². The molecule has 0 saturated carbocycles. The Balaban J connectivity index is 1.32. The predicted octanol–water partition coefficient (Wildman–Crippen LogP) is 4.73. The number of hydrogen-bond donors (Lipinski definition) is 2. The fourth-order valence-electron chi connectivity index (χ4n) is 3.81. The Morgan fingerprint density at radius 2 is 1.71 bits per heavy atom. The fourth-order valence-corrected chi connectivity index (χ4v) is 3.81. The van der Waals surface area contributed by atoms with Crippen molar-refractivity contribution in [3.05, 3.63) is 99.6 Å². The maximum atomic E-state index is 12.2. The van der Waals surface area contributed by atoms with Gasteiger partial charge >= 0.3 is 6.09 Å². The van der Waals surface area contributed by atoms with Gasteiger partial charge in [0.2, 0.25) is 0 Å². The van der Waals surface area contributed by atoms with E-state index < -0.39 is 11.0 Å². The molecule has 1 amide bonds. The highest BCUT2D eigenvalue weighted by molar-refractivity contribution is 5.79. The quantitative estimate of drug-likeness (QED) is 0.344. The third-order valence-electron chi connectivity index (χ3n) is 5.29. The van der Waals surface area contributed by atoms with E-state index in [-0.39, 0.29) is 24.8 Å². The van der Waals surface area contributed by atoms with Gasteiger partial charge in [-0.1, -0.05) is 60.7 Å². The molecule has 156 valence electrons. The molecule has 0 atom stereocenters. The van der Waals surface area contributed by atoms with E-state index in [4.69, 9.17) is 10.5 Å². The summed E-state index contributed by atoms with van der Waals surface area (Å²) >= 11 is 0. The summed E-state index contributed by atoms with van der Waals surface area (Å²) in [5, 5.41) is 13.4. The summed E-state index contributed by atoms with van der Waals surface area (Å²) in [4.78, 5) is 22.4. The number of hydrogen-bond acceptors (Lipinski definition) is 5. The number of nitrogens with one attached hydrogen (secondary N) is 1. The molecule has 0 heterocycles. The summed E-state index contributed by atoms with van der Waals surface area (Å²) in [6, 6.07) is 20.6. The van der Waals surface area contributed by atoms with Crippen molar-refractivity contribution in [1.29, 1.82) is 0 Å². The van der Waals surface area contributed by atoms with Crippen molar-refractivity contribution in [1.82, 2.24) is 5.32 Å². The zero-order valence-corrected chi connectivity index (χ0v) is 16.7. The van der Waals surface area contributed by atoms with Gasteiger partial charge in [0.1, 0.15) is 6.61 Å². The molecular weight excluding hydrogens is 394 g/mol. The van der Waals surface area contributed by atoms with Crippen LogP contribution in [0.5, 0.6) is 0 Å². The van der Waals surface area contributed by atoms with E-state index in [1.54, 1.807) is 18.2 Å². The number of carbonyl (C=O) groups is 1. The van der Waals surface area contributed by atoms with E-state index in [0.29, 0.717) is 11.3 Å². The van der Waals surface area contributed by atoms with E-state index in [2.05, 4.69) is 29.6 Å². The van der Waals surface area contributed by atoms with Crippen molar-refractivity contribution in [2.45, 2.75) is 5.92 Å². The minimum atomic E-state index is -0.511. The standard InChI is InChI=1S/C24H21N3O4/c25-23-14-17(27(29)30)12-11-16(23)6-5-13-26-24(28)31-15-22-20-9-3-1-7-18(20)19-8-2-4-10-21(19)22/h1-12,14,22H,13,15,25H2,(H,26,28). The number of ether oxygens (including phenoxy) is 1. The molecule has 0 saturated heterocycles. The van der Waals surface area contributed by atoms with Gasteiger partial charge in [0.05, 0.1) is 4.92 Å². The zero-order chi connectivity index (χ0) is 21.8. The van der Waals surface area contributed by atoms with E-state index in [9.17, 15) is 14.9 Å². The average Bonchev–Trinajstić information content (AvgIpc) is 3.10. The monoisotopic (exact) mass is 415 g/mol. The summed E-state index contributed by atoms with van der Waals surface area (Å²) in [7, 11) is 0. The van der Waals surface area contributed by atoms with Crippen LogP contribution in [0.2, 0.25) is 0 Å². The summed E-state index contributed by atoms with van der Waals surface area (Å²) < 4.78 is 5.47. The lowest BCUT2D eigenvalue weighted by molar-refractivity contribution is -0.384. The number of nitrogen functional groups attached to an aromatic ring is 1. The molecule has 4 rings (SSSR count). The minimum Gasteiger partial charge on any atom is -0.449 e. The van der Waals surface area contributed by atoms with Crippen LogP contribution in [0.15, 0.2) is 72.8 Å². The molecule has 3 N–H and O–H groups in total. The van der Waals surface area contributed by atoms with Gasteiger partial charge in [0.15, 0.2) is 0 Å². The number of nitrogens with zero attached hydrogens (tertiary/aromatic N) is 1. The number of fused-ring (bicyclic) bond motifs is 3. The molecular formula is C24H21N3O4. The molecule has 0 aliphatic heterocycles.